The maximum absolute atomic E-state index is 5.99. The number of hydrogen-bond acceptors (Lipinski definition) is 2. The van der Waals surface area contributed by atoms with Crippen LogP contribution in [0.5, 0.6) is 0 Å². The number of rotatable bonds is 3. The molecule has 2 heteroatoms. The third-order valence-corrected chi connectivity index (χ3v) is 5.88. The second-order valence-corrected chi connectivity index (χ2v) is 7.40. The summed E-state index contributed by atoms with van der Waals surface area (Å²) in [5.41, 5.74) is 3.41. The highest BCUT2D eigenvalue weighted by atomic mass is 16.5. The second kappa shape index (κ2) is 4.57. The smallest absolute Gasteiger partial charge is 0.0684 e. The molecular formula is C18H25NO. The minimum atomic E-state index is 0.300. The Bertz CT molecular complexity index is 510. The first-order valence-corrected chi connectivity index (χ1v) is 8.10. The van der Waals surface area contributed by atoms with Gasteiger partial charge in [0.25, 0.3) is 0 Å². The normalized spacial score (nSPS) is 37.3. The predicted octanol–water partition coefficient (Wildman–Crippen LogP) is 3.12. The van der Waals surface area contributed by atoms with Gasteiger partial charge < -0.3 is 10.1 Å². The first-order chi connectivity index (χ1) is 9.68. The van der Waals surface area contributed by atoms with Crippen molar-refractivity contribution in [3.8, 4) is 0 Å². The SMILES string of the molecule is CC1(C)C(NCC2Cc3ccccc32)C2CCCOC21. The van der Waals surface area contributed by atoms with E-state index in [1.807, 2.05) is 0 Å². The first-order valence-electron chi connectivity index (χ1n) is 8.10. The Hall–Kier alpha value is -0.860. The molecule has 1 saturated carbocycles. The van der Waals surface area contributed by atoms with Crippen LogP contribution in [0.3, 0.4) is 0 Å². The zero-order chi connectivity index (χ0) is 13.7. The number of nitrogens with one attached hydrogen (secondary N) is 1. The molecule has 4 atom stereocenters. The van der Waals surface area contributed by atoms with Gasteiger partial charge in [0.2, 0.25) is 0 Å². The third-order valence-electron chi connectivity index (χ3n) is 5.88. The number of benzene rings is 1. The summed E-state index contributed by atoms with van der Waals surface area (Å²) in [5.74, 6) is 1.47. The highest BCUT2D eigenvalue weighted by molar-refractivity contribution is 5.40. The zero-order valence-corrected chi connectivity index (χ0v) is 12.6. The van der Waals surface area contributed by atoms with Crippen molar-refractivity contribution in [2.75, 3.05) is 13.2 Å². The number of fused-ring (bicyclic) bond motifs is 2. The average Bonchev–Trinajstić information content (AvgIpc) is 2.44. The Balaban J connectivity index is 1.39. The molecule has 3 aliphatic rings. The van der Waals surface area contributed by atoms with Gasteiger partial charge in [-0.1, -0.05) is 38.1 Å². The molecule has 1 saturated heterocycles. The van der Waals surface area contributed by atoms with Gasteiger partial charge in [0.1, 0.15) is 0 Å². The van der Waals surface area contributed by atoms with Gasteiger partial charge in [-0.15, -0.1) is 0 Å². The summed E-state index contributed by atoms with van der Waals surface area (Å²) in [7, 11) is 0. The molecule has 0 spiro atoms. The van der Waals surface area contributed by atoms with Crippen molar-refractivity contribution < 1.29 is 4.74 Å². The minimum Gasteiger partial charge on any atom is -0.377 e. The Morgan fingerprint density at radius 2 is 2.15 bits per heavy atom. The van der Waals surface area contributed by atoms with E-state index in [0.717, 1.165) is 25.0 Å². The van der Waals surface area contributed by atoms with Crippen LogP contribution in [-0.4, -0.2) is 25.3 Å². The molecule has 1 aliphatic heterocycles. The Kier molecular flexibility index (Phi) is 2.94. The van der Waals surface area contributed by atoms with Crippen LogP contribution in [-0.2, 0) is 11.2 Å². The molecule has 0 radical (unpaired) electrons. The Morgan fingerprint density at radius 1 is 1.30 bits per heavy atom. The third kappa shape index (κ3) is 1.78. The van der Waals surface area contributed by atoms with Crippen molar-refractivity contribution in [1.82, 2.24) is 5.32 Å². The molecule has 2 aliphatic carbocycles. The van der Waals surface area contributed by atoms with Crippen LogP contribution in [0.25, 0.3) is 0 Å². The van der Waals surface area contributed by atoms with Gasteiger partial charge in [-0.25, -0.2) is 0 Å². The maximum Gasteiger partial charge on any atom is 0.0684 e. The second-order valence-electron chi connectivity index (χ2n) is 7.40. The van der Waals surface area contributed by atoms with Gasteiger partial charge in [-0.3, -0.25) is 0 Å². The van der Waals surface area contributed by atoms with Crippen LogP contribution in [0.4, 0.5) is 0 Å². The summed E-state index contributed by atoms with van der Waals surface area (Å²) in [6.45, 7) is 6.83. The molecule has 2 nitrogen and oxygen atoms in total. The lowest BCUT2D eigenvalue weighted by Gasteiger charge is -2.60. The molecule has 108 valence electrons. The molecule has 1 N–H and O–H groups in total. The van der Waals surface area contributed by atoms with Crippen molar-refractivity contribution in [2.24, 2.45) is 11.3 Å². The van der Waals surface area contributed by atoms with Crippen molar-refractivity contribution in [3.63, 3.8) is 0 Å². The van der Waals surface area contributed by atoms with Gasteiger partial charge in [0, 0.05) is 36.4 Å². The lowest BCUT2D eigenvalue weighted by atomic mass is 9.55. The molecule has 0 aromatic heterocycles. The average molecular weight is 271 g/mol. The fourth-order valence-corrected chi connectivity index (χ4v) is 4.75. The molecule has 1 aromatic rings. The van der Waals surface area contributed by atoms with Crippen molar-refractivity contribution in [1.29, 1.82) is 0 Å². The van der Waals surface area contributed by atoms with Gasteiger partial charge in [-0.2, -0.15) is 0 Å². The van der Waals surface area contributed by atoms with E-state index >= 15 is 0 Å². The number of hydrogen-bond donors (Lipinski definition) is 1. The van der Waals surface area contributed by atoms with E-state index < -0.39 is 0 Å². The lowest BCUT2D eigenvalue weighted by Crippen LogP contribution is -2.69. The Morgan fingerprint density at radius 3 is 3.00 bits per heavy atom. The van der Waals surface area contributed by atoms with Crippen LogP contribution >= 0.6 is 0 Å². The summed E-state index contributed by atoms with van der Waals surface area (Å²) in [6.07, 6.45) is 4.32. The molecule has 0 amide bonds. The van der Waals surface area contributed by atoms with Crippen LogP contribution < -0.4 is 5.32 Å². The van der Waals surface area contributed by atoms with Crippen molar-refractivity contribution in [2.45, 2.75) is 51.2 Å². The lowest BCUT2D eigenvalue weighted by molar-refractivity contribution is -0.192. The monoisotopic (exact) mass is 271 g/mol. The van der Waals surface area contributed by atoms with Gasteiger partial charge in [-0.05, 0) is 30.4 Å². The summed E-state index contributed by atoms with van der Waals surface area (Å²) in [4.78, 5) is 0. The molecule has 1 aromatic carbocycles. The Labute approximate surface area is 121 Å². The minimum absolute atomic E-state index is 0.300. The fraction of sp³-hybridized carbons (Fsp3) is 0.667. The van der Waals surface area contributed by atoms with Gasteiger partial charge >= 0.3 is 0 Å². The van der Waals surface area contributed by atoms with Crippen LogP contribution in [0, 0.1) is 11.3 Å². The van der Waals surface area contributed by atoms with E-state index in [9.17, 15) is 0 Å². The van der Waals surface area contributed by atoms with Crippen LogP contribution in [0.2, 0.25) is 0 Å². The van der Waals surface area contributed by atoms with E-state index in [4.69, 9.17) is 4.74 Å². The van der Waals surface area contributed by atoms with Crippen molar-refractivity contribution >= 4 is 0 Å². The topological polar surface area (TPSA) is 21.3 Å². The molecule has 4 rings (SSSR count). The van der Waals surface area contributed by atoms with Gasteiger partial charge in [0.15, 0.2) is 0 Å². The summed E-state index contributed by atoms with van der Waals surface area (Å²) < 4.78 is 5.99. The molecule has 0 bridgehead atoms. The standard InChI is InChI=1S/C18H25NO/c1-18(2)16(15-8-5-9-20-17(15)18)19-11-13-10-12-6-3-4-7-14(12)13/h3-4,6-7,13,15-17,19H,5,8-11H2,1-2H3. The van der Waals surface area contributed by atoms with E-state index in [1.54, 1.807) is 11.1 Å². The summed E-state index contributed by atoms with van der Waals surface area (Å²) in [5, 5.41) is 3.87. The van der Waals surface area contributed by atoms with Crippen LogP contribution in [0.15, 0.2) is 24.3 Å². The first kappa shape index (κ1) is 12.8. The molecule has 1 heterocycles. The largest absolute Gasteiger partial charge is 0.377 e. The van der Waals surface area contributed by atoms with Crippen LogP contribution in [0.1, 0.15) is 43.7 Å². The van der Waals surface area contributed by atoms with E-state index in [0.29, 0.717) is 17.6 Å². The molecule has 4 unspecified atom stereocenters. The van der Waals surface area contributed by atoms with Crippen molar-refractivity contribution in [3.05, 3.63) is 35.4 Å². The number of ether oxygens (including phenoxy) is 1. The highest BCUT2D eigenvalue weighted by Crippen LogP contribution is 2.51. The predicted molar refractivity (Wildman–Crippen MR) is 80.9 cm³/mol. The summed E-state index contributed by atoms with van der Waals surface area (Å²) >= 11 is 0. The van der Waals surface area contributed by atoms with E-state index in [-0.39, 0.29) is 0 Å². The zero-order valence-electron chi connectivity index (χ0n) is 12.6. The quantitative estimate of drug-likeness (QED) is 0.912. The summed E-state index contributed by atoms with van der Waals surface area (Å²) in [6, 6.07) is 9.53. The van der Waals surface area contributed by atoms with E-state index in [1.165, 1.54) is 19.3 Å². The fourth-order valence-electron chi connectivity index (χ4n) is 4.75. The molecule has 2 fully saturated rings. The highest BCUT2D eigenvalue weighted by Gasteiger charge is 2.57. The molecular weight excluding hydrogens is 246 g/mol. The molecule has 20 heavy (non-hydrogen) atoms. The maximum atomic E-state index is 5.99. The van der Waals surface area contributed by atoms with Gasteiger partial charge in [0.05, 0.1) is 6.10 Å². The van der Waals surface area contributed by atoms with E-state index in [2.05, 4.69) is 43.4 Å².